The van der Waals surface area contributed by atoms with Gasteiger partial charge >= 0.3 is 5.97 Å². The number of likely N-dealkylation sites (tertiary alicyclic amines) is 1. The first kappa shape index (κ1) is 16.1. The summed E-state index contributed by atoms with van der Waals surface area (Å²) in [5.74, 6) is -0.812. The first-order chi connectivity index (χ1) is 9.92. The molecule has 0 aromatic heterocycles. The van der Waals surface area contributed by atoms with E-state index in [1.54, 1.807) is 18.2 Å². The Hall–Kier alpha value is -1.30. The van der Waals surface area contributed by atoms with Crippen molar-refractivity contribution in [1.29, 1.82) is 0 Å². The summed E-state index contributed by atoms with van der Waals surface area (Å²) in [7, 11) is 1.26. The van der Waals surface area contributed by atoms with Crippen LogP contribution < -0.4 is 0 Å². The van der Waals surface area contributed by atoms with Gasteiger partial charge in [0.1, 0.15) is 6.04 Å². The average Bonchev–Trinajstić information content (AvgIpc) is 2.83. The lowest BCUT2D eigenvalue weighted by molar-refractivity contribution is -0.150. The molecule has 7 heteroatoms. The number of esters is 1. The fourth-order valence-electron chi connectivity index (χ4n) is 2.38. The van der Waals surface area contributed by atoms with Crippen molar-refractivity contribution in [3.05, 3.63) is 33.8 Å². The molecule has 1 saturated heterocycles. The summed E-state index contributed by atoms with van der Waals surface area (Å²) < 4.78 is 4.67. The molecule has 1 N–H and O–H groups in total. The van der Waals surface area contributed by atoms with Gasteiger partial charge in [0.15, 0.2) is 0 Å². The van der Waals surface area contributed by atoms with Crippen LogP contribution in [0.1, 0.15) is 12.0 Å². The summed E-state index contributed by atoms with van der Waals surface area (Å²) in [6.07, 6.45) is -0.498. The van der Waals surface area contributed by atoms with Crippen LogP contribution in [0.4, 0.5) is 0 Å². The van der Waals surface area contributed by atoms with E-state index in [2.05, 4.69) is 4.74 Å². The highest BCUT2D eigenvalue weighted by Gasteiger charge is 2.39. The molecule has 1 amide bonds. The topological polar surface area (TPSA) is 66.8 Å². The van der Waals surface area contributed by atoms with E-state index in [4.69, 9.17) is 23.2 Å². The van der Waals surface area contributed by atoms with Crippen LogP contribution in [0, 0.1) is 0 Å². The Morgan fingerprint density at radius 2 is 2.14 bits per heavy atom. The van der Waals surface area contributed by atoms with Gasteiger partial charge in [-0.1, -0.05) is 29.3 Å². The molecule has 0 spiro atoms. The van der Waals surface area contributed by atoms with Crippen LogP contribution in [0.3, 0.4) is 0 Å². The van der Waals surface area contributed by atoms with Gasteiger partial charge in [-0.05, 0) is 17.7 Å². The normalized spacial score (nSPS) is 21.4. The van der Waals surface area contributed by atoms with Gasteiger partial charge < -0.3 is 14.7 Å². The molecule has 1 fully saturated rings. The van der Waals surface area contributed by atoms with E-state index in [9.17, 15) is 14.7 Å². The summed E-state index contributed by atoms with van der Waals surface area (Å²) in [4.78, 5) is 25.3. The van der Waals surface area contributed by atoms with Crippen LogP contribution in [-0.4, -0.2) is 47.7 Å². The monoisotopic (exact) mass is 331 g/mol. The Kier molecular flexibility index (Phi) is 5.08. The maximum atomic E-state index is 12.3. The molecular weight excluding hydrogens is 317 g/mol. The second-order valence-corrected chi connectivity index (χ2v) is 5.73. The third-order valence-electron chi connectivity index (χ3n) is 3.43. The van der Waals surface area contributed by atoms with Gasteiger partial charge in [-0.2, -0.15) is 0 Å². The molecule has 1 aliphatic rings. The highest BCUT2D eigenvalue weighted by molar-refractivity contribution is 6.35. The van der Waals surface area contributed by atoms with E-state index in [0.29, 0.717) is 15.6 Å². The molecule has 1 aromatic carbocycles. The molecule has 5 nitrogen and oxygen atoms in total. The van der Waals surface area contributed by atoms with Crippen LogP contribution in [0.5, 0.6) is 0 Å². The van der Waals surface area contributed by atoms with E-state index in [-0.39, 0.29) is 25.3 Å². The van der Waals surface area contributed by atoms with Crippen LogP contribution >= 0.6 is 23.2 Å². The van der Waals surface area contributed by atoms with Crippen LogP contribution in [0.15, 0.2) is 18.2 Å². The lowest BCUT2D eigenvalue weighted by Crippen LogP contribution is -2.42. The summed E-state index contributed by atoms with van der Waals surface area (Å²) in [5.41, 5.74) is 0.621. The smallest absolute Gasteiger partial charge is 0.328 e. The number of hydrogen-bond acceptors (Lipinski definition) is 4. The Bertz CT molecular complexity index is 564. The van der Waals surface area contributed by atoms with E-state index in [1.807, 2.05) is 0 Å². The largest absolute Gasteiger partial charge is 0.467 e. The Balaban J connectivity index is 2.13. The number of aliphatic hydroxyl groups is 1. The Labute approximate surface area is 132 Å². The molecule has 0 saturated carbocycles. The number of ether oxygens (including phenoxy) is 1. The maximum absolute atomic E-state index is 12.3. The van der Waals surface area contributed by atoms with E-state index >= 15 is 0 Å². The van der Waals surface area contributed by atoms with Gasteiger partial charge in [0, 0.05) is 23.0 Å². The van der Waals surface area contributed by atoms with Gasteiger partial charge in [-0.25, -0.2) is 4.79 Å². The third-order valence-corrected chi connectivity index (χ3v) is 4.02. The molecule has 21 heavy (non-hydrogen) atoms. The minimum Gasteiger partial charge on any atom is -0.467 e. The number of β-amino-alcohol motifs (C(OH)–C–C–N with tert-alkyl or cyclic N) is 1. The molecule has 0 aliphatic carbocycles. The number of halogens is 2. The molecule has 114 valence electrons. The zero-order chi connectivity index (χ0) is 15.6. The van der Waals surface area contributed by atoms with Crippen molar-refractivity contribution in [3.8, 4) is 0 Å². The zero-order valence-corrected chi connectivity index (χ0v) is 12.9. The molecule has 1 aromatic rings. The van der Waals surface area contributed by atoms with Crippen LogP contribution in [0.2, 0.25) is 10.0 Å². The van der Waals surface area contributed by atoms with Gasteiger partial charge in [-0.15, -0.1) is 0 Å². The minimum atomic E-state index is -0.747. The zero-order valence-electron chi connectivity index (χ0n) is 11.4. The van der Waals surface area contributed by atoms with Crippen molar-refractivity contribution in [2.75, 3.05) is 13.7 Å². The predicted octanol–water partition coefficient (Wildman–Crippen LogP) is 1.67. The fourth-order valence-corrected chi connectivity index (χ4v) is 2.85. The van der Waals surface area contributed by atoms with Crippen molar-refractivity contribution in [1.82, 2.24) is 4.90 Å². The van der Waals surface area contributed by atoms with E-state index in [0.717, 1.165) is 0 Å². The lowest BCUT2D eigenvalue weighted by Gasteiger charge is -2.22. The van der Waals surface area contributed by atoms with Crippen molar-refractivity contribution >= 4 is 35.1 Å². The number of nitrogens with zero attached hydrogens (tertiary/aromatic N) is 1. The number of amides is 1. The minimum absolute atomic E-state index is 0.0379. The van der Waals surface area contributed by atoms with Gasteiger partial charge in [-0.3, -0.25) is 4.79 Å². The first-order valence-electron chi connectivity index (χ1n) is 6.41. The number of aliphatic hydroxyl groups excluding tert-OH is 1. The van der Waals surface area contributed by atoms with Crippen molar-refractivity contribution in [3.63, 3.8) is 0 Å². The summed E-state index contributed by atoms with van der Waals surface area (Å²) in [5, 5.41) is 10.6. The Morgan fingerprint density at radius 3 is 2.76 bits per heavy atom. The molecule has 0 bridgehead atoms. The SMILES string of the molecule is COC(=O)C1CC(O)CN1C(=O)Cc1ccc(Cl)cc1Cl. The summed E-state index contributed by atoms with van der Waals surface area (Å²) in [6.45, 7) is 0.115. The van der Waals surface area contributed by atoms with Crippen LogP contribution in [0.25, 0.3) is 0 Å². The van der Waals surface area contributed by atoms with Gasteiger partial charge in [0.05, 0.1) is 19.6 Å². The molecule has 2 atom stereocenters. The number of carbonyl (C=O) groups is 2. The van der Waals surface area contributed by atoms with E-state index < -0.39 is 18.1 Å². The summed E-state index contributed by atoms with van der Waals surface area (Å²) >= 11 is 11.8. The maximum Gasteiger partial charge on any atom is 0.328 e. The van der Waals surface area contributed by atoms with Crippen molar-refractivity contribution < 1.29 is 19.4 Å². The van der Waals surface area contributed by atoms with Crippen molar-refractivity contribution in [2.24, 2.45) is 0 Å². The van der Waals surface area contributed by atoms with Gasteiger partial charge in [0.25, 0.3) is 0 Å². The fraction of sp³-hybridized carbons (Fsp3) is 0.429. The number of carbonyl (C=O) groups excluding carboxylic acids is 2. The van der Waals surface area contributed by atoms with Crippen molar-refractivity contribution in [2.45, 2.75) is 25.0 Å². The molecule has 1 aliphatic heterocycles. The standard InChI is InChI=1S/C14H15Cl2NO4/c1-21-14(20)12-6-10(18)7-17(12)13(19)4-8-2-3-9(15)5-11(8)16/h2-3,5,10,12,18H,4,6-7H2,1H3. The average molecular weight is 332 g/mol. The highest BCUT2D eigenvalue weighted by Crippen LogP contribution is 2.24. The number of rotatable bonds is 3. The second kappa shape index (κ2) is 6.64. The highest BCUT2D eigenvalue weighted by atomic mass is 35.5. The van der Waals surface area contributed by atoms with E-state index in [1.165, 1.54) is 12.0 Å². The molecule has 1 heterocycles. The number of benzene rings is 1. The molecular formula is C14H15Cl2NO4. The molecule has 2 unspecified atom stereocenters. The third kappa shape index (κ3) is 3.67. The number of hydrogen-bond donors (Lipinski definition) is 1. The first-order valence-corrected chi connectivity index (χ1v) is 7.17. The second-order valence-electron chi connectivity index (χ2n) is 4.89. The lowest BCUT2D eigenvalue weighted by atomic mass is 10.1. The molecule has 2 rings (SSSR count). The van der Waals surface area contributed by atoms with Gasteiger partial charge in [0.2, 0.25) is 5.91 Å². The molecule has 0 radical (unpaired) electrons. The summed E-state index contributed by atoms with van der Waals surface area (Å²) in [6, 6.07) is 4.13. The van der Waals surface area contributed by atoms with Crippen LogP contribution in [-0.2, 0) is 20.7 Å². The Morgan fingerprint density at radius 1 is 1.43 bits per heavy atom. The number of methoxy groups -OCH3 is 1. The quantitative estimate of drug-likeness (QED) is 0.855. The predicted molar refractivity (Wildman–Crippen MR) is 78.3 cm³/mol.